The Kier molecular flexibility index (Phi) is 3.33. The molecule has 1 heterocycles. The van der Waals surface area contributed by atoms with E-state index in [4.69, 9.17) is 0 Å². The largest absolute Gasteiger partial charge is 0.339 e. The lowest BCUT2D eigenvalue weighted by Gasteiger charge is -2.09. The summed E-state index contributed by atoms with van der Waals surface area (Å²) in [6.45, 7) is 1.73. The molecule has 0 saturated heterocycles. The highest BCUT2D eigenvalue weighted by molar-refractivity contribution is 14.1. The zero-order valence-electron chi connectivity index (χ0n) is 8.54. The highest BCUT2D eigenvalue weighted by atomic mass is 127. The van der Waals surface area contributed by atoms with E-state index in [9.17, 15) is 4.39 Å². The Morgan fingerprint density at radius 1 is 1.38 bits per heavy atom. The van der Waals surface area contributed by atoms with Crippen LogP contribution in [0.3, 0.4) is 0 Å². The summed E-state index contributed by atoms with van der Waals surface area (Å²) >= 11 is 2.13. The van der Waals surface area contributed by atoms with Crippen LogP contribution in [0.15, 0.2) is 30.7 Å². The fraction of sp³-hybridized carbons (Fsp3) is 0.0909. The van der Waals surface area contributed by atoms with Crippen molar-refractivity contribution in [2.75, 3.05) is 5.32 Å². The van der Waals surface area contributed by atoms with Crippen LogP contribution in [0, 0.1) is 16.3 Å². The highest BCUT2D eigenvalue weighted by Crippen LogP contribution is 2.23. The molecule has 0 bridgehead atoms. The molecule has 1 aromatic carbocycles. The Morgan fingerprint density at radius 3 is 2.94 bits per heavy atom. The topological polar surface area (TPSA) is 37.8 Å². The Labute approximate surface area is 106 Å². The second kappa shape index (κ2) is 4.73. The summed E-state index contributed by atoms with van der Waals surface area (Å²) in [5.74, 6) is 0.457. The predicted octanol–water partition coefficient (Wildman–Crippen LogP) is 3.27. The molecule has 5 heteroatoms. The number of halogens is 2. The maximum Gasteiger partial charge on any atom is 0.147 e. The number of nitrogens with one attached hydrogen (secondary N) is 1. The summed E-state index contributed by atoms with van der Waals surface area (Å²) in [4.78, 5) is 7.99. The summed E-state index contributed by atoms with van der Waals surface area (Å²) < 4.78 is 14.2. The molecule has 1 N–H and O–H groups in total. The first kappa shape index (κ1) is 11.3. The van der Waals surface area contributed by atoms with Gasteiger partial charge in [0.1, 0.15) is 18.0 Å². The van der Waals surface area contributed by atoms with Gasteiger partial charge in [-0.3, -0.25) is 0 Å². The third-order valence-electron chi connectivity index (χ3n) is 2.19. The minimum absolute atomic E-state index is 0.228. The van der Waals surface area contributed by atoms with Crippen molar-refractivity contribution in [1.82, 2.24) is 9.97 Å². The third kappa shape index (κ3) is 2.29. The molecule has 0 fully saturated rings. The van der Waals surface area contributed by atoms with Crippen LogP contribution in [0.4, 0.5) is 15.9 Å². The van der Waals surface area contributed by atoms with Gasteiger partial charge in [-0.05, 0) is 41.6 Å². The summed E-state index contributed by atoms with van der Waals surface area (Å²) in [5, 5.41) is 3.08. The summed E-state index contributed by atoms with van der Waals surface area (Å²) in [7, 11) is 0. The molecule has 0 unspecified atom stereocenters. The number of rotatable bonds is 2. The molecular formula is C11H9FIN3. The fourth-order valence-electron chi connectivity index (χ4n) is 1.28. The van der Waals surface area contributed by atoms with Crippen LogP contribution in [-0.4, -0.2) is 9.97 Å². The molecule has 2 rings (SSSR count). The van der Waals surface area contributed by atoms with Crippen molar-refractivity contribution in [3.8, 4) is 0 Å². The van der Waals surface area contributed by atoms with Crippen LogP contribution in [0.5, 0.6) is 0 Å². The van der Waals surface area contributed by atoms with E-state index < -0.39 is 0 Å². The van der Waals surface area contributed by atoms with Crippen LogP contribution < -0.4 is 5.32 Å². The van der Waals surface area contributed by atoms with E-state index in [1.54, 1.807) is 19.2 Å². The zero-order chi connectivity index (χ0) is 11.5. The van der Waals surface area contributed by atoms with Gasteiger partial charge < -0.3 is 5.32 Å². The lowest BCUT2D eigenvalue weighted by atomic mass is 10.2. The summed E-state index contributed by atoms with van der Waals surface area (Å²) in [5.41, 5.74) is 1.30. The van der Waals surface area contributed by atoms with Crippen molar-refractivity contribution in [3.63, 3.8) is 0 Å². The Hall–Kier alpha value is -1.24. The Morgan fingerprint density at radius 2 is 2.19 bits per heavy atom. The van der Waals surface area contributed by atoms with E-state index in [0.717, 1.165) is 9.26 Å². The van der Waals surface area contributed by atoms with Crippen LogP contribution in [0.25, 0.3) is 0 Å². The van der Waals surface area contributed by atoms with Gasteiger partial charge in [0.15, 0.2) is 0 Å². The Bertz CT molecular complexity index is 516. The maximum atomic E-state index is 13.3. The first-order chi connectivity index (χ1) is 7.68. The van der Waals surface area contributed by atoms with Gasteiger partial charge in [0.2, 0.25) is 0 Å². The second-order valence-corrected chi connectivity index (χ2v) is 4.42. The number of anilines is 2. The molecule has 0 radical (unpaired) electrons. The van der Waals surface area contributed by atoms with E-state index in [2.05, 4.69) is 37.9 Å². The molecule has 16 heavy (non-hydrogen) atoms. The third-order valence-corrected chi connectivity index (χ3v) is 2.98. The van der Waals surface area contributed by atoms with Gasteiger partial charge in [-0.25, -0.2) is 14.4 Å². The molecule has 0 spiro atoms. The van der Waals surface area contributed by atoms with Gasteiger partial charge in [0.05, 0.1) is 3.57 Å². The van der Waals surface area contributed by atoms with Gasteiger partial charge in [-0.2, -0.15) is 0 Å². The molecule has 82 valence electrons. The van der Waals surface area contributed by atoms with Crippen molar-refractivity contribution in [2.24, 2.45) is 0 Å². The van der Waals surface area contributed by atoms with Crippen LogP contribution in [0.1, 0.15) is 5.56 Å². The SMILES string of the molecule is Cc1c(F)cccc1Nc1ncncc1I. The monoisotopic (exact) mass is 329 g/mol. The van der Waals surface area contributed by atoms with Gasteiger partial charge >= 0.3 is 0 Å². The number of nitrogens with zero attached hydrogens (tertiary/aromatic N) is 2. The first-order valence-corrected chi connectivity index (χ1v) is 5.74. The smallest absolute Gasteiger partial charge is 0.147 e. The highest BCUT2D eigenvalue weighted by Gasteiger charge is 2.06. The number of aromatic nitrogens is 2. The summed E-state index contributed by atoms with van der Waals surface area (Å²) in [6, 6.07) is 4.92. The quantitative estimate of drug-likeness (QED) is 0.860. The normalized spacial score (nSPS) is 10.2. The van der Waals surface area contributed by atoms with E-state index in [-0.39, 0.29) is 5.82 Å². The molecule has 0 aliphatic carbocycles. The van der Waals surface area contributed by atoms with Gasteiger partial charge in [0.25, 0.3) is 0 Å². The van der Waals surface area contributed by atoms with E-state index in [0.29, 0.717) is 11.4 Å². The predicted molar refractivity (Wildman–Crippen MR) is 69.2 cm³/mol. The number of hydrogen-bond donors (Lipinski definition) is 1. The van der Waals surface area contributed by atoms with Crippen molar-refractivity contribution >= 4 is 34.1 Å². The van der Waals surface area contributed by atoms with Gasteiger partial charge in [-0.15, -0.1) is 0 Å². The van der Waals surface area contributed by atoms with Crippen LogP contribution in [0.2, 0.25) is 0 Å². The Balaban J connectivity index is 2.35. The maximum absolute atomic E-state index is 13.3. The van der Waals surface area contributed by atoms with Crippen molar-refractivity contribution in [3.05, 3.63) is 45.7 Å². The first-order valence-electron chi connectivity index (χ1n) is 4.66. The lowest BCUT2D eigenvalue weighted by molar-refractivity contribution is 0.619. The van der Waals surface area contributed by atoms with Crippen LogP contribution in [-0.2, 0) is 0 Å². The van der Waals surface area contributed by atoms with Gasteiger partial charge in [0, 0.05) is 17.4 Å². The minimum Gasteiger partial charge on any atom is -0.339 e. The minimum atomic E-state index is -0.228. The average molecular weight is 329 g/mol. The fourth-order valence-corrected chi connectivity index (χ4v) is 1.71. The molecule has 0 aliphatic rings. The van der Waals surface area contributed by atoms with E-state index in [1.165, 1.54) is 12.4 Å². The average Bonchev–Trinajstić information content (AvgIpc) is 2.28. The van der Waals surface area contributed by atoms with Crippen molar-refractivity contribution in [2.45, 2.75) is 6.92 Å². The molecule has 1 aromatic heterocycles. The zero-order valence-corrected chi connectivity index (χ0v) is 10.7. The standard InChI is InChI=1S/C11H9FIN3/c1-7-8(12)3-2-4-10(7)16-11-9(13)5-14-6-15-11/h2-6H,1H3,(H,14,15,16). The molecule has 0 atom stereocenters. The van der Waals surface area contributed by atoms with Crippen molar-refractivity contribution in [1.29, 1.82) is 0 Å². The molecule has 3 nitrogen and oxygen atoms in total. The van der Waals surface area contributed by atoms with E-state index in [1.807, 2.05) is 6.07 Å². The van der Waals surface area contributed by atoms with E-state index >= 15 is 0 Å². The molecule has 0 aliphatic heterocycles. The number of benzene rings is 1. The van der Waals surface area contributed by atoms with Gasteiger partial charge in [-0.1, -0.05) is 6.07 Å². The molecule has 2 aromatic rings. The number of hydrogen-bond acceptors (Lipinski definition) is 3. The lowest BCUT2D eigenvalue weighted by Crippen LogP contribution is -1.99. The van der Waals surface area contributed by atoms with Crippen molar-refractivity contribution < 1.29 is 4.39 Å². The molecule has 0 amide bonds. The second-order valence-electron chi connectivity index (χ2n) is 3.26. The molecular weight excluding hydrogens is 320 g/mol. The molecule has 0 saturated carbocycles. The summed E-state index contributed by atoms with van der Waals surface area (Å²) in [6.07, 6.45) is 3.16. The van der Waals surface area contributed by atoms with Crippen LogP contribution >= 0.6 is 22.6 Å².